The highest BCUT2D eigenvalue weighted by Crippen LogP contribution is 2.80. The molecule has 4 aliphatic heterocycles. The quantitative estimate of drug-likeness (QED) is 0.165. The Labute approximate surface area is 394 Å². The minimum atomic E-state index is -1.98. The molecule has 0 aromatic heterocycles. The fourth-order valence-electron chi connectivity index (χ4n) is 12.4. The van der Waals surface area contributed by atoms with Gasteiger partial charge in [-0.2, -0.15) is 0 Å². The van der Waals surface area contributed by atoms with Gasteiger partial charge < -0.3 is 19.2 Å². The van der Waals surface area contributed by atoms with Crippen LogP contribution in [0.1, 0.15) is 57.2 Å². The number of benzene rings is 9. The van der Waals surface area contributed by atoms with E-state index in [0.717, 1.165) is 41.5 Å². The molecule has 9 aromatic carbocycles. The van der Waals surface area contributed by atoms with Crippen LogP contribution in [0.2, 0.25) is 0 Å². The van der Waals surface area contributed by atoms with E-state index in [2.05, 4.69) is 202 Å². The lowest BCUT2D eigenvalue weighted by Crippen LogP contribution is -2.62. The second kappa shape index (κ2) is 13.7. The lowest BCUT2D eigenvalue weighted by Gasteiger charge is -2.55. The molecule has 0 radical (unpaired) electrons. The van der Waals surface area contributed by atoms with E-state index in [1.165, 1.54) is 91.8 Å². The summed E-state index contributed by atoms with van der Waals surface area (Å²) < 4.78 is 13.7. The maximum Gasteiger partial charge on any atom is 0.333 e. The van der Waals surface area contributed by atoms with Crippen molar-refractivity contribution in [3.05, 3.63) is 199 Å². The standard InChI is InChI=1S/C61H49BN2O2S/c1-38-33-45-46(61(4,5)32-31-60(45,2)3)35-49(38)63-50-37-54-53(65-51-27-15-16-28-52(51)66-54)36-47(50)62-57-44(34-39-19-12-13-24-42(39)59(57)63)43-25-18-30-56-58(43)64(62)48-26-14-17-29-55(48)67(56,40-20-8-6-9-21-40)41-22-10-7-11-23-41/h6-30,33-37H,31-32H2,1-5H3. The lowest BCUT2D eigenvalue weighted by atomic mass is 9.43. The normalized spacial score (nSPS) is 17.3. The van der Waals surface area contributed by atoms with Gasteiger partial charge in [0, 0.05) is 53.7 Å². The zero-order chi connectivity index (χ0) is 45.0. The first kappa shape index (κ1) is 39.1. The molecule has 0 spiro atoms. The van der Waals surface area contributed by atoms with Crippen LogP contribution in [0.3, 0.4) is 0 Å². The van der Waals surface area contributed by atoms with Gasteiger partial charge in [-0.05, 0) is 142 Å². The average Bonchev–Trinajstić information content (AvgIpc) is 3.35. The van der Waals surface area contributed by atoms with Gasteiger partial charge in [-0.15, -0.1) is 10.0 Å². The molecular formula is C61H49BN2O2S. The van der Waals surface area contributed by atoms with Crippen molar-refractivity contribution in [3.8, 4) is 34.1 Å². The van der Waals surface area contributed by atoms with Gasteiger partial charge in [-0.25, -0.2) is 0 Å². The Bertz CT molecular complexity index is 3550. The molecule has 14 rings (SSSR count). The predicted molar refractivity (Wildman–Crippen MR) is 278 cm³/mol. The second-order valence-electron chi connectivity index (χ2n) is 20.3. The number of fused-ring (bicyclic) bond motifs is 11. The number of aryl methyl sites for hydroxylation is 1. The summed E-state index contributed by atoms with van der Waals surface area (Å²) in [5.74, 6) is 2.90. The molecule has 0 N–H and O–H groups in total. The van der Waals surface area contributed by atoms with Gasteiger partial charge in [-0.3, -0.25) is 0 Å². The van der Waals surface area contributed by atoms with Crippen molar-refractivity contribution in [2.75, 3.05) is 9.71 Å². The minimum Gasteiger partial charge on any atom is -0.450 e. The summed E-state index contributed by atoms with van der Waals surface area (Å²) in [4.78, 5) is 10.7. The molecule has 0 atom stereocenters. The van der Waals surface area contributed by atoms with E-state index >= 15 is 0 Å². The molecule has 0 unspecified atom stereocenters. The van der Waals surface area contributed by atoms with E-state index in [1.807, 2.05) is 24.3 Å². The first-order valence-electron chi connectivity index (χ1n) is 23.7. The summed E-state index contributed by atoms with van der Waals surface area (Å²) in [5, 5.41) is 2.45. The summed E-state index contributed by atoms with van der Waals surface area (Å²) in [6, 6.07) is 68.2. The number of hydrogen-bond acceptors (Lipinski definition) is 4. The number of ether oxygens (including phenoxy) is 2. The molecule has 6 heteroatoms. The molecule has 324 valence electrons. The Morgan fingerprint density at radius 3 is 1.81 bits per heavy atom. The average molecular weight is 885 g/mol. The summed E-state index contributed by atoms with van der Waals surface area (Å²) in [6.45, 7) is 11.8. The van der Waals surface area contributed by atoms with Crippen LogP contribution in [0, 0.1) is 6.92 Å². The molecular weight excluding hydrogens is 836 g/mol. The van der Waals surface area contributed by atoms with Gasteiger partial charge in [0.2, 0.25) is 0 Å². The topological polar surface area (TPSA) is 24.9 Å². The van der Waals surface area contributed by atoms with E-state index in [9.17, 15) is 0 Å². The highest BCUT2D eigenvalue weighted by atomic mass is 32.3. The third-order valence-corrected chi connectivity index (χ3v) is 19.6. The number of para-hydroxylation sites is 4. The van der Waals surface area contributed by atoms with Crippen molar-refractivity contribution in [1.29, 1.82) is 0 Å². The first-order valence-corrected chi connectivity index (χ1v) is 25.4. The molecule has 0 fully saturated rings. The second-order valence-corrected chi connectivity index (χ2v) is 23.4. The number of nitrogens with zero attached hydrogens (tertiary/aromatic N) is 2. The molecule has 1 aliphatic carbocycles. The molecule has 5 aliphatic rings. The third-order valence-electron chi connectivity index (χ3n) is 15.7. The van der Waals surface area contributed by atoms with Crippen LogP contribution >= 0.6 is 10.0 Å². The van der Waals surface area contributed by atoms with Crippen molar-refractivity contribution >= 4 is 67.0 Å². The zero-order valence-electron chi connectivity index (χ0n) is 38.4. The number of anilines is 5. The van der Waals surface area contributed by atoms with E-state index < -0.39 is 10.0 Å². The van der Waals surface area contributed by atoms with Crippen molar-refractivity contribution in [1.82, 2.24) is 0 Å². The van der Waals surface area contributed by atoms with E-state index in [1.54, 1.807) is 0 Å². The summed E-state index contributed by atoms with van der Waals surface area (Å²) in [6.07, 6.45) is 2.30. The highest BCUT2D eigenvalue weighted by Gasteiger charge is 2.53. The van der Waals surface area contributed by atoms with Crippen LogP contribution < -0.4 is 30.1 Å². The molecule has 67 heavy (non-hydrogen) atoms. The Hall–Kier alpha value is -7.15. The molecule has 4 nitrogen and oxygen atoms in total. The SMILES string of the molecule is Cc1cc2c(cc1N1c3cc4c(cc3B3c5c(cc6ccccc6c51)-c1cccc5c1N3c1ccccc1S5(c1ccccc1)c1ccccc1)Oc1ccccc1O4)C(C)(C)CCC2(C)C. The largest absolute Gasteiger partial charge is 0.450 e. The van der Waals surface area contributed by atoms with E-state index in [4.69, 9.17) is 9.47 Å². The van der Waals surface area contributed by atoms with Gasteiger partial charge in [0.25, 0.3) is 0 Å². The van der Waals surface area contributed by atoms with Gasteiger partial charge in [-0.1, -0.05) is 131 Å². The van der Waals surface area contributed by atoms with Gasteiger partial charge >= 0.3 is 6.85 Å². The summed E-state index contributed by atoms with van der Waals surface area (Å²) in [7, 11) is -1.98. The van der Waals surface area contributed by atoms with E-state index in [-0.39, 0.29) is 17.7 Å². The van der Waals surface area contributed by atoms with Crippen molar-refractivity contribution < 1.29 is 9.47 Å². The Morgan fingerprint density at radius 1 is 0.493 bits per heavy atom. The van der Waals surface area contributed by atoms with Gasteiger partial charge in [0.05, 0.1) is 11.4 Å². The minimum absolute atomic E-state index is 0.0162. The van der Waals surface area contributed by atoms with Crippen molar-refractivity contribution in [3.63, 3.8) is 0 Å². The third kappa shape index (κ3) is 5.22. The monoisotopic (exact) mass is 884 g/mol. The first-order chi connectivity index (χ1) is 32.6. The fraction of sp³-hybridized carbons (Fsp3) is 0.148. The van der Waals surface area contributed by atoms with Crippen LogP contribution in [0.15, 0.2) is 202 Å². The Kier molecular flexibility index (Phi) is 8.00. The Balaban J connectivity index is 1.14. The summed E-state index contributed by atoms with van der Waals surface area (Å²) >= 11 is 0. The molecule has 0 amide bonds. The van der Waals surface area contributed by atoms with E-state index in [0.29, 0.717) is 0 Å². The van der Waals surface area contributed by atoms with Crippen LogP contribution in [0.25, 0.3) is 21.9 Å². The maximum atomic E-state index is 6.87. The lowest BCUT2D eigenvalue weighted by molar-refractivity contribution is 0.332. The molecule has 4 heterocycles. The smallest absolute Gasteiger partial charge is 0.333 e. The maximum absolute atomic E-state index is 6.87. The van der Waals surface area contributed by atoms with Crippen molar-refractivity contribution in [2.45, 2.75) is 77.9 Å². The number of hydrogen-bond donors (Lipinski definition) is 0. The fourth-order valence-corrected chi connectivity index (χ4v) is 16.6. The van der Waals surface area contributed by atoms with Gasteiger partial charge in [0.15, 0.2) is 23.0 Å². The molecule has 9 aromatic rings. The predicted octanol–water partition coefficient (Wildman–Crippen LogP) is 15.8. The summed E-state index contributed by atoms with van der Waals surface area (Å²) in [5.41, 5.74) is 15.3. The zero-order valence-corrected chi connectivity index (χ0v) is 39.2. The van der Waals surface area contributed by atoms with Crippen LogP contribution in [-0.4, -0.2) is 6.85 Å². The van der Waals surface area contributed by atoms with Gasteiger partial charge in [0.1, 0.15) is 0 Å². The Morgan fingerprint density at radius 2 is 1.09 bits per heavy atom. The van der Waals surface area contributed by atoms with Crippen LogP contribution in [0.4, 0.5) is 28.4 Å². The molecule has 0 saturated heterocycles. The molecule has 0 bridgehead atoms. The molecule has 0 saturated carbocycles. The van der Waals surface area contributed by atoms with Crippen LogP contribution in [0.5, 0.6) is 23.0 Å². The van der Waals surface area contributed by atoms with Crippen molar-refractivity contribution in [2.24, 2.45) is 0 Å². The van der Waals surface area contributed by atoms with Crippen LogP contribution in [-0.2, 0) is 10.8 Å². The highest BCUT2D eigenvalue weighted by molar-refractivity contribution is 8.34. The number of rotatable bonds is 3.